The number of aromatic nitrogens is 2. The summed E-state index contributed by atoms with van der Waals surface area (Å²) in [5, 5.41) is 2.70. The summed E-state index contributed by atoms with van der Waals surface area (Å²) in [5.41, 5.74) is 2.20. The molecule has 0 saturated heterocycles. The Balaban J connectivity index is 1.61. The second-order valence-corrected chi connectivity index (χ2v) is 5.64. The molecule has 1 heterocycles. The van der Waals surface area contributed by atoms with Crippen molar-refractivity contribution >= 4 is 5.91 Å². The van der Waals surface area contributed by atoms with Gasteiger partial charge in [-0.3, -0.25) is 4.79 Å². The fourth-order valence-corrected chi connectivity index (χ4v) is 2.83. The fraction of sp³-hybridized carbons (Fsp3) is 0.375. The van der Waals surface area contributed by atoms with E-state index in [-0.39, 0.29) is 29.7 Å². The third-order valence-electron chi connectivity index (χ3n) is 4.01. The van der Waals surface area contributed by atoms with Crippen LogP contribution in [0, 0.1) is 5.92 Å². The van der Waals surface area contributed by atoms with Gasteiger partial charge in [0.2, 0.25) is 5.91 Å². The number of imidazole rings is 1. The standard InChI is InChI=1S/C16H16F3N3O2/c17-16(18,19)24-14-4-2-1-3-11(14)8-20-15(23)10-5-6-12-13(7-10)22-9-21-12/h1-4,9-10H,5-8H2,(H,20,23)(H,21,22)/t10-/m1/s1. The van der Waals surface area contributed by atoms with Crippen molar-refractivity contribution in [1.29, 1.82) is 0 Å². The number of ether oxygens (including phenoxy) is 1. The van der Waals surface area contributed by atoms with Crippen molar-refractivity contribution in [1.82, 2.24) is 15.3 Å². The topological polar surface area (TPSA) is 67.0 Å². The van der Waals surface area contributed by atoms with Gasteiger partial charge in [-0.15, -0.1) is 13.2 Å². The van der Waals surface area contributed by atoms with E-state index in [2.05, 4.69) is 20.0 Å². The third kappa shape index (κ3) is 3.87. The average Bonchev–Trinajstić information content (AvgIpc) is 2.99. The van der Waals surface area contributed by atoms with Crippen LogP contribution in [0.5, 0.6) is 5.75 Å². The number of carbonyl (C=O) groups excluding carboxylic acids is 1. The lowest BCUT2D eigenvalue weighted by Crippen LogP contribution is -2.34. The van der Waals surface area contributed by atoms with Crippen molar-refractivity contribution in [2.45, 2.75) is 32.2 Å². The first kappa shape index (κ1) is 16.4. The number of carbonyl (C=O) groups is 1. The van der Waals surface area contributed by atoms with Gasteiger partial charge >= 0.3 is 6.36 Å². The summed E-state index contributed by atoms with van der Waals surface area (Å²) in [6, 6.07) is 5.77. The van der Waals surface area contributed by atoms with Crippen LogP contribution in [-0.2, 0) is 24.2 Å². The summed E-state index contributed by atoms with van der Waals surface area (Å²) in [6.07, 6.45) is -1.22. The molecule has 0 saturated carbocycles. The molecule has 0 aliphatic heterocycles. The number of benzene rings is 1. The number of hydrogen-bond acceptors (Lipinski definition) is 3. The first-order valence-electron chi connectivity index (χ1n) is 7.55. The second-order valence-electron chi connectivity index (χ2n) is 5.64. The molecule has 1 aromatic heterocycles. The zero-order valence-corrected chi connectivity index (χ0v) is 12.7. The number of H-pyrrole nitrogens is 1. The van der Waals surface area contributed by atoms with Crippen molar-refractivity contribution in [3.63, 3.8) is 0 Å². The van der Waals surface area contributed by atoms with Gasteiger partial charge in [0.1, 0.15) is 5.75 Å². The maximum atomic E-state index is 12.4. The highest BCUT2D eigenvalue weighted by Gasteiger charge is 2.32. The smallest absolute Gasteiger partial charge is 0.405 e. The first-order chi connectivity index (χ1) is 11.4. The molecule has 0 bridgehead atoms. The summed E-state index contributed by atoms with van der Waals surface area (Å²) in [4.78, 5) is 19.5. The highest BCUT2D eigenvalue weighted by atomic mass is 19.4. The molecule has 1 amide bonds. The predicted molar refractivity (Wildman–Crippen MR) is 79.1 cm³/mol. The van der Waals surface area contributed by atoms with E-state index in [1.807, 2.05) is 0 Å². The lowest BCUT2D eigenvalue weighted by atomic mass is 9.89. The van der Waals surface area contributed by atoms with Crippen molar-refractivity contribution in [2.24, 2.45) is 5.92 Å². The van der Waals surface area contributed by atoms with Crippen LogP contribution >= 0.6 is 0 Å². The Labute approximate surface area is 136 Å². The van der Waals surface area contributed by atoms with Crippen LogP contribution in [0.1, 0.15) is 23.4 Å². The van der Waals surface area contributed by atoms with Crippen molar-refractivity contribution in [2.75, 3.05) is 0 Å². The third-order valence-corrected chi connectivity index (χ3v) is 4.01. The van der Waals surface area contributed by atoms with Crippen LogP contribution in [0.25, 0.3) is 0 Å². The molecular weight excluding hydrogens is 323 g/mol. The Morgan fingerprint density at radius 1 is 1.38 bits per heavy atom. The number of aromatic amines is 1. The average molecular weight is 339 g/mol. The second kappa shape index (κ2) is 6.54. The van der Waals surface area contributed by atoms with Gasteiger partial charge in [-0.05, 0) is 18.9 Å². The van der Waals surface area contributed by atoms with E-state index in [0.717, 1.165) is 11.4 Å². The summed E-state index contributed by atoms with van der Waals surface area (Å²) in [6.45, 7) is -0.0164. The summed E-state index contributed by atoms with van der Waals surface area (Å²) in [5.74, 6) is -0.699. The molecule has 0 radical (unpaired) electrons. The Kier molecular flexibility index (Phi) is 4.46. The van der Waals surface area contributed by atoms with E-state index in [1.54, 1.807) is 12.4 Å². The Morgan fingerprint density at radius 2 is 2.17 bits per heavy atom. The molecule has 0 unspecified atom stereocenters. The van der Waals surface area contributed by atoms with Gasteiger partial charge in [0.05, 0.1) is 12.0 Å². The van der Waals surface area contributed by atoms with Crippen LogP contribution < -0.4 is 10.1 Å². The number of para-hydroxylation sites is 1. The number of amides is 1. The molecule has 1 aliphatic rings. The van der Waals surface area contributed by atoms with E-state index in [1.165, 1.54) is 18.2 Å². The molecule has 1 atom stereocenters. The molecule has 3 rings (SSSR count). The quantitative estimate of drug-likeness (QED) is 0.900. The maximum absolute atomic E-state index is 12.4. The Hall–Kier alpha value is -2.51. The summed E-state index contributed by atoms with van der Waals surface area (Å²) < 4.78 is 41.2. The number of nitrogens with zero attached hydrogens (tertiary/aromatic N) is 1. The predicted octanol–water partition coefficient (Wildman–Crippen LogP) is 2.73. The zero-order valence-electron chi connectivity index (χ0n) is 12.7. The van der Waals surface area contributed by atoms with Gasteiger partial charge in [-0.1, -0.05) is 18.2 Å². The van der Waals surface area contributed by atoms with Gasteiger partial charge in [0.15, 0.2) is 0 Å². The molecule has 1 aliphatic carbocycles. The van der Waals surface area contributed by atoms with Crippen LogP contribution in [0.2, 0.25) is 0 Å². The molecule has 8 heteroatoms. The van der Waals surface area contributed by atoms with E-state index < -0.39 is 6.36 Å². The summed E-state index contributed by atoms with van der Waals surface area (Å²) >= 11 is 0. The Bertz CT molecular complexity index is 727. The van der Waals surface area contributed by atoms with Gasteiger partial charge in [0, 0.05) is 30.1 Å². The molecular formula is C16H16F3N3O2. The van der Waals surface area contributed by atoms with Crippen molar-refractivity contribution in [3.05, 3.63) is 47.5 Å². The van der Waals surface area contributed by atoms with E-state index in [0.29, 0.717) is 19.3 Å². The molecule has 24 heavy (non-hydrogen) atoms. The van der Waals surface area contributed by atoms with Crippen molar-refractivity contribution in [3.8, 4) is 5.75 Å². The first-order valence-corrected chi connectivity index (χ1v) is 7.55. The van der Waals surface area contributed by atoms with Crippen LogP contribution in [0.3, 0.4) is 0 Å². The molecule has 0 spiro atoms. The van der Waals surface area contributed by atoms with Gasteiger partial charge in [-0.25, -0.2) is 4.98 Å². The number of halogens is 3. The van der Waals surface area contributed by atoms with Crippen LogP contribution in [0.15, 0.2) is 30.6 Å². The van der Waals surface area contributed by atoms with E-state index in [4.69, 9.17) is 0 Å². The van der Waals surface area contributed by atoms with E-state index in [9.17, 15) is 18.0 Å². The lowest BCUT2D eigenvalue weighted by Gasteiger charge is -2.21. The SMILES string of the molecule is O=C(NCc1ccccc1OC(F)(F)F)[C@@H]1CCc2nc[nH]c2C1. The largest absolute Gasteiger partial charge is 0.573 e. The minimum atomic E-state index is -4.76. The monoisotopic (exact) mass is 339 g/mol. The summed E-state index contributed by atoms with van der Waals surface area (Å²) in [7, 11) is 0. The Morgan fingerprint density at radius 3 is 2.96 bits per heavy atom. The molecule has 2 N–H and O–H groups in total. The highest BCUT2D eigenvalue weighted by molar-refractivity contribution is 5.79. The number of hydrogen-bond donors (Lipinski definition) is 2. The number of nitrogens with one attached hydrogen (secondary N) is 2. The molecule has 1 aromatic carbocycles. The molecule has 128 valence electrons. The number of fused-ring (bicyclic) bond motifs is 1. The minimum absolute atomic E-state index is 0.0164. The van der Waals surface area contributed by atoms with Crippen molar-refractivity contribution < 1.29 is 22.7 Å². The molecule has 0 fully saturated rings. The maximum Gasteiger partial charge on any atom is 0.573 e. The van der Waals surface area contributed by atoms with Gasteiger partial charge in [-0.2, -0.15) is 0 Å². The number of rotatable bonds is 4. The normalized spacial score (nSPS) is 17.2. The van der Waals surface area contributed by atoms with Crippen LogP contribution in [0.4, 0.5) is 13.2 Å². The fourth-order valence-electron chi connectivity index (χ4n) is 2.83. The van der Waals surface area contributed by atoms with E-state index >= 15 is 0 Å². The number of aryl methyl sites for hydroxylation is 1. The zero-order chi connectivity index (χ0) is 17.2. The highest BCUT2D eigenvalue weighted by Crippen LogP contribution is 2.27. The lowest BCUT2D eigenvalue weighted by molar-refractivity contribution is -0.274. The van der Waals surface area contributed by atoms with Crippen LogP contribution in [-0.4, -0.2) is 22.2 Å². The minimum Gasteiger partial charge on any atom is -0.405 e. The van der Waals surface area contributed by atoms with Gasteiger partial charge < -0.3 is 15.0 Å². The molecule has 5 nitrogen and oxygen atoms in total. The number of alkyl halides is 3. The van der Waals surface area contributed by atoms with Gasteiger partial charge in [0.25, 0.3) is 0 Å². The molecule has 2 aromatic rings.